The molecule has 2 fully saturated rings. The first-order valence-electron chi connectivity index (χ1n) is 7.93. The van der Waals surface area contributed by atoms with Crippen molar-refractivity contribution in [2.45, 2.75) is 31.6 Å². The third-order valence-corrected chi connectivity index (χ3v) is 6.25. The van der Waals surface area contributed by atoms with E-state index in [1.807, 2.05) is 4.90 Å². The van der Waals surface area contributed by atoms with Gasteiger partial charge in [0.2, 0.25) is 10.0 Å². The van der Waals surface area contributed by atoms with Gasteiger partial charge in [-0.15, -0.1) is 0 Å². The van der Waals surface area contributed by atoms with Crippen LogP contribution >= 0.6 is 0 Å². The van der Waals surface area contributed by atoms with E-state index in [0.29, 0.717) is 32.7 Å². The van der Waals surface area contributed by atoms with E-state index in [-0.39, 0.29) is 19.7 Å². The summed E-state index contributed by atoms with van der Waals surface area (Å²) in [5, 5.41) is 8.38. The Bertz CT molecular complexity index is 517. The van der Waals surface area contributed by atoms with Gasteiger partial charge in [0.15, 0.2) is 0 Å². The van der Waals surface area contributed by atoms with Gasteiger partial charge in [0, 0.05) is 45.8 Å². The fourth-order valence-electron chi connectivity index (χ4n) is 2.66. The normalized spacial score (nSPS) is 22.0. The average Bonchev–Trinajstić information content (AvgIpc) is 2.35. The highest BCUT2D eigenvalue weighted by molar-refractivity contribution is 7.89. The number of hydrogen-bond donors (Lipinski definition) is 1. The van der Waals surface area contributed by atoms with Crippen molar-refractivity contribution in [2.24, 2.45) is 0 Å². The SMILES string of the molecule is CC(C)(C)OC(=O)N1CC(S(=O)(=O)N2CCN(CCO)CC2)C1. The second-order valence-electron chi connectivity index (χ2n) is 7.02. The van der Waals surface area contributed by atoms with Crippen LogP contribution in [0, 0.1) is 0 Å². The fourth-order valence-corrected chi connectivity index (χ4v) is 4.49. The number of carbonyl (C=O) groups excluding carboxylic acids is 1. The largest absolute Gasteiger partial charge is 0.444 e. The Hall–Kier alpha value is -0.900. The molecule has 0 bridgehead atoms. The van der Waals surface area contributed by atoms with Crippen LogP contribution in [0.3, 0.4) is 0 Å². The summed E-state index contributed by atoms with van der Waals surface area (Å²) in [7, 11) is -3.38. The van der Waals surface area contributed by atoms with Crippen molar-refractivity contribution in [1.82, 2.24) is 14.1 Å². The van der Waals surface area contributed by atoms with Crippen molar-refractivity contribution < 1.29 is 23.1 Å². The number of sulfonamides is 1. The van der Waals surface area contributed by atoms with Gasteiger partial charge in [-0.3, -0.25) is 4.90 Å². The monoisotopic (exact) mass is 349 g/mol. The summed E-state index contributed by atoms with van der Waals surface area (Å²) in [6.07, 6.45) is -0.461. The molecule has 0 radical (unpaired) electrons. The van der Waals surface area contributed by atoms with Crippen LogP contribution in [0.25, 0.3) is 0 Å². The molecular weight excluding hydrogens is 322 g/mol. The van der Waals surface area contributed by atoms with Crippen LogP contribution < -0.4 is 0 Å². The number of rotatable bonds is 4. The molecule has 134 valence electrons. The van der Waals surface area contributed by atoms with E-state index in [0.717, 1.165) is 0 Å². The second kappa shape index (κ2) is 6.92. The van der Waals surface area contributed by atoms with Gasteiger partial charge in [0.05, 0.1) is 6.61 Å². The summed E-state index contributed by atoms with van der Waals surface area (Å²) in [4.78, 5) is 15.3. The van der Waals surface area contributed by atoms with E-state index in [9.17, 15) is 13.2 Å². The molecule has 0 spiro atoms. The highest BCUT2D eigenvalue weighted by Crippen LogP contribution is 2.23. The van der Waals surface area contributed by atoms with Gasteiger partial charge >= 0.3 is 6.09 Å². The maximum atomic E-state index is 12.6. The quantitative estimate of drug-likeness (QED) is 0.739. The number of β-amino-alcohol motifs (C(OH)–C–C–N with tert-alkyl or cyclic N) is 1. The molecule has 0 unspecified atom stereocenters. The Labute approximate surface area is 138 Å². The van der Waals surface area contributed by atoms with Gasteiger partial charge in [0.25, 0.3) is 0 Å². The molecule has 0 aliphatic carbocycles. The van der Waals surface area contributed by atoms with E-state index in [4.69, 9.17) is 9.84 Å². The van der Waals surface area contributed by atoms with Crippen LogP contribution in [-0.4, -0.2) is 97.0 Å². The molecule has 0 saturated carbocycles. The highest BCUT2D eigenvalue weighted by Gasteiger charge is 2.44. The maximum Gasteiger partial charge on any atom is 0.410 e. The summed E-state index contributed by atoms with van der Waals surface area (Å²) >= 11 is 0. The molecule has 8 nitrogen and oxygen atoms in total. The van der Waals surface area contributed by atoms with E-state index >= 15 is 0 Å². The predicted octanol–water partition coefficient (Wildman–Crippen LogP) is -0.455. The first-order valence-corrected chi connectivity index (χ1v) is 9.44. The van der Waals surface area contributed by atoms with Crippen molar-refractivity contribution in [1.29, 1.82) is 0 Å². The van der Waals surface area contributed by atoms with Gasteiger partial charge in [0.1, 0.15) is 10.9 Å². The molecular formula is C14H27N3O5S. The Morgan fingerprint density at radius 3 is 2.22 bits per heavy atom. The Morgan fingerprint density at radius 2 is 1.74 bits per heavy atom. The van der Waals surface area contributed by atoms with Gasteiger partial charge in [-0.1, -0.05) is 0 Å². The summed E-state index contributed by atoms with van der Waals surface area (Å²) < 4.78 is 31.9. The van der Waals surface area contributed by atoms with Crippen LogP contribution in [0.2, 0.25) is 0 Å². The molecule has 23 heavy (non-hydrogen) atoms. The van der Waals surface area contributed by atoms with E-state index in [2.05, 4.69) is 0 Å². The number of hydrogen-bond acceptors (Lipinski definition) is 6. The first-order chi connectivity index (χ1) is 10.6. The first kappa shape index (κ1) is 18.4. The fraction of sp³-hybridized carbons (Fsp3) is 0.929. The Morgan fingerprint density at radius 1 is 1.17 bits per heavy atom. The molecule has 2 rings (SSSR count). The standard InChI is InChI=1S/C14H27N3O5S/c1-14(2,3)22-13(19)16-10-12(11-16)23(20,21)17-6-4-15(5-7-17)8-9-18/h12,18H,4-11H2,1-3H3. The zero-order chi connectivity index (χ0) is 17.3. The number of carbonyl (C=O) groups is 1. The molecule has 2 aliphatic rings. The lowest BCUT2D eigenvalue weighted by Crippen LogP contribution is -2.62. The van der Waals surface area contributed by atoms with Gasteiger partial charge < -0.3 is 14.7 Å². The maximum absolute atomic E-state index is 12.6. The van der Waals surface area contributed by atoms with Crippen LogP contribution in [0.5, 0.6) is 0 Å². The molecule has 2 aliphatic heterocycles. The summed E-state index contributed by atoms with van der Waals surface area (Å²) in [5.74, 6) is 0. The molecule has 1 N–H and O–H groups in total. The minimum Gasteiger partial charge on any atom is -0.444 e. The molecule has 2 heterocycles. The number of piperazine rings is 1. The number of nitrogens with zero attached hydrogens (tertiary/aromatic N) is 3. The number of amides is 1. The molecule has 1 amide bonds. The second-order valence-corrected chi connectivity index (χ2v) is 9.23. The van der Waals surface area contributed by atoms with Crippen molar-refractivity contribution in [3.63, 3.8) is 0 Å². The number of aliphatic hydroxyl groups is 1. The Balaban J connectivity index is 1.83. The van der Waals surface area contributed by atoms with Gasteiger partial charge in [-0.05, 0) is 20.8 Å². The minimum atomic E-state index is -3.38. The number of aliphatic hydroxyl groups excluding tert-OH is 1. The lowest BCUT2D eigenvalue weighted by Gasteiger charge is -2.42. The van der Waals surface area contributed by atoms with Crippen molar-refractivity contribution >= 4 is 16.1 Å². The topological polar surface area (TPSA) is 90.4 Å². The third-order valence-electron chi connectivity index (χ3n) is 4.03. The molecule has 9 heteroatoms. The van der Waals surface area contributed by atoms with Crippen LogP contribution in [0.4, 0.5) is 4.79 Å². The third kappa shape index (κ3) is 4.56. The molecule has 2 saturated heterocycles. The number of likely N-dealkylation sites (tertiary alicyclic amines) is 1. The van der Waals surface area contributed by atoms with E-state index < -0.39 is 27.0 Å². The zero-order valence-corrected chi connectivity index (χ0v) is 14.9. The van der Waals surface area contributed by atoms with Crippen molar-refractivity contribution in [2.75, 3.05) is 52.4 Å². The van der Waals surface area contributed by atoms with Gasteiger partial charge in [-0.2, -0.15) is 4.31 Å². The molecule has 0 aromatic carbocycles. The summed E-state index contributed by atoms with van der Waals surface area (Å²) in [6, 6.07) is 0. The zero-order valence-electron chi connectivity index (χ0n) is 14.1. The van der Waals surface area contributed by atoms with Crippen molar-refractivity contribution in [3.05, 3.63) is 0 Å². The highest BCUT2D eigenvalue weighted by atomic mass is 32.2. The minimum absolute atomic E-state index is 0.0836. The summed E-state index contributed by atoms with van der Waals surface area (Å²) in [6.45, 7) is 8.51. The predicted molar refractivity (Wildman–Crippen MR) is 85.6 cm³/mol. The summed E-state index contributed by atoms with van der Waals surface area (Å²) in [5.41, 5.74) is -0.579. The van der Waals surface area contributed by atoms with Crippen molar-refractivity contribution in [3.8, 4) is 0 Å². The molecule has 0 aromatic rings. The average molecular weight is 349 g/mol. The van der Waals surface area contributed by atoms with Crippen LogP contribution in [0.15, 0.2) is 0 Å². The number of ether oxygens (including phenoxy) is 1. The molecule has 0 aromatic heterocycles. The van der Waals surface area contributed by atoms with Gasteiger partial charge in [-0.25, -0.2) is 13.2 Å². The lowest BCUT2D eigenvalue weighted by atomic mass is 10.2. The Kier molecular flexibility index (Phi) is 5.55. The van der Waals surface area contributed by atoms with Crippen LogP contribution in [-0.2, 0) is 14.8 Å². The van der Waals surface area contributed by atoms with E-state index in [1.165, 1.54) is 9.21 Å². The smallest absolute Gasteiger partial charge is 0.410 e. The lowest BCUT2D eigenvalue weighted by molar-refractivity contribution is 0.0135. The molecule has 0 atom stereocenters. The van der Waals surface area contributed by atoms with E-state index in [1.54, 1.807) is 20.8 Å². The van der Waals surface area contributed by atoms with Crippen LogP contribution in [0.1, 0.15) is 20.8 Å².